The molecule has 0 atom stereocenters. The minimum atomic E-state index is 0. The van der Waals surface area contributed by atoms with Crippen molar-refractivity contribution in [3.05, 3.63) is 0 Å². The molecule has 0 aliphatic carbocycles. The fourth-order valence-corrected chi connectivity index (χ4v) is 0. The van der Waals surface area contributed by atoms with Crippen LogP contribution in [0.15, 0.2) is 0 Å². The molecule has 17 heavy (non-hydrogen) atoms. The third-order valence-electron chi connectivity index (χ3n) is 0.516. The van der Waals surface area contributed by atoms with Crippen LogP contribution in [0.25, 0.3) is 0 Å². The normalized spacial score (nSPS) is 7.06. The molecule has 1 radical (unpaired) electrons. The summed E-state index contributed by atoms with van der Waals surface area (Å²) in [5.74, 6) is 0. The molecule has 0 unspecified atom stereocenters. The largest absolute Gasteiger partial charge is 0.395 e. The topological polar surface area (TPSA) is 185 Å². The fraction of sp³-hybridized carbons (Fsp3) is 1.00. The molecular weight excluding hydrogens is 280 g/mol. The molecule has 9 heteroatoms. The molecule has 0 saturated carbocycles. The van der Waals surface area contributed by atoms with Gasteiger partial charge >= 0.3 is 0 Å². The summed E-state index contributed by atoms with van der Waals surface area (Å²) in [5.41, 5.74) is 19.1. The number of aliphatic hydroxyl groups excluding tert-OH is 4. The molecule has 0 aliphatic rings. The Bertz CT molecular complexity index is 53.5. The molecule has 12 N–H and O–H groups in total. The number of rotatable bonds is 4. The number of nitrogens with two attached hydrogens (primary N) is 4. The molecule has 115 valence electrons. The number of hydrogen-bond donors (Lipinski definition) is 8. The van der Waals surface area contributed by atoms with E-state index >= 15 is 0 Å². The molecule has 0 heterocycles. The van der Waals surface area contributed by atoms with Gasteiger partial charge in [0.1, 0.15) is 0 Å². The van der Waals surface area contributed by atoms with Crippen LogP contribution in [-0.4, -0.2) is 73.0 Å². The van der Waals surface area contributed by atoms with Gasteiger partial charge in [0.15, 0.2) is 0 Å². The summed E-state index contributed by atoms with van der Waals surface area (Å²) in [4.78, 5) is 0. The van der Waals surface area contributed by atoms with Crippen LogP contribution in [0.4, 0.5) is 0 Å². The molecule has 0 aromatic carbocycles. The van der Waals surface area contributed by atoms with E-state index in [4.69, 9.17) is 43.4 Å². The summed E-state index contributed by atoms with van der Waals surface area (Å²) < 4.78 is 0. The summed E-state index contributed by atoms with van der Waals surface area (Å²) in [7, 11) is 0. The van der Waals surface area contributed by atoms with Crippen molar-refractivity contribution in [2.75, 3.05) is 52.6 Å². The van der Waals surface area contributed by atoms with Crippen molar-refractivity contribution in [3.63, 3.8) is 0 Å². The van der Waals surface area contributed by atoms with E-state index < -0.39 is 0 Å². The van der Waals surface area contributed by atoms with Gasteiger partial charge in [-0.1, -0.05) is 0 Å². The van der Waals surface area contributed by atoms with E-state index in [1.807, 2.05) is 0 Å². The first-order valence-corrected chi connectivity index (χ1v) is 4.90. The fourth-order valence-electron chi connectivity index (χ4n) is 0. The summed E-state index contributed by atoms with van der Waals surface area (Å²) >= 11 is 0. The Balaban J connectivity index is -0.0000000369. The number of aliphatic hydroxyl groups is 4. The van der Waals surface area contributed by atoms with E-state index in [-0.39, 0.29) is 43.5 Å². The zero-order valence-electron chi connectivity index (χ0n) is 10.1. The first-order chi connectivity index (χ1) is 7.66. The quantitative estimate of drug-likeness (QED) is 0.240. The molecule has 0 aromatic heterocycles. The Morgan fingerprint density at radius 3 is 0.529 bits per heavy atom. The minimum Gasteiger partial charge on any atom is -0.395 e. The maximum Gasteiger partial charge on any atom is 0.0553 e. The average Bonchev–Trinajstić information content (AvgIpc) is 2.39. The zero-order valence-corrected chi connectivity index (χ0v) is 11.0. The van der Waals surface area contributed by atoms with Crippen LogP contribution in [0.5, 0.6) is 0 Å². The molecule has 8 nitrogen and oxygen atoms in total. The van der Waals surface area contributed by atoms with E-state index in [0.29, 0.717) is 26.2 Å². The molecule has 0 aliphatic heterocycles. The van der Waals surface area contributed by atoms with Crippen LogP contribution in [0.2, 0.25) is 0 Å². The standard InChI is InChI=1S/4C2H7NO.Cu/c4*3-1-2-4;/h4*4H,1-3H2;. The van der Waals surface area contributed by atoms with E-state index in [2.05, 4.69) is 0 Å². The van der Waals surface area contributed by atoms with Gasteiger partial charge in [0.2, 0.25) is 0 Å². The van der Waals surface area contributed by atoms with Gasteiger partial charge in [-0.3, -0.25) is 0 Å². The monoisotopic (exact) mass is 307 g/mol. The minimum absolute atomic E-state index is 0. The van der Waals surface area contributed by atoms with Crippen molar-refractivity contribution in [2.24, 2.45) is 22.9 Å². The van der Waals surface area contributed by atoms with Crippen molar-refractivity contribution < 1.29 is 37.5 Å². The zero-order chi connectivity index (χ0) is 13.7. The van der Waals surface area contributed by atoms with E-state index in [0.717, 1.165) is 0 Å². The Hall–Kier alpha value is 0.199. The van der Waals surface area contributed by atoms with Gasteiger partial charge in [-0.25, -0.2) is 0 Å². The first kappa shape index (κ1) is 30.3. The molecule has 0 fully saturated rings. The molecule has 0 saturated heterocycles. The van der Waals surface area contributed by atoms with Crippen molar-refractivity contribution in [2.45, 2.75) is 0 Å². The summed E-state index contributed by atoms with van der Waals surface area (Å²) in [6.45, 7) is 1.89. The van der Waals surface area contributed by atoms with Crippen LogP contribution in [0.3, 0.4) is 0 Å². The predicted octanol–water partition coefficient (Wildman–Crippen LogP) is -4.25. The second kappa shape index (κ2) is 55.7. The van der Waals surface area contributed by atoms with Crippen molar-refractivity contribution in [1.82, 2.24) is 0 Å². The Labute approximate surface area is 113 Å². The molecule has 0 rings (SSSR count). The first-order valence-electron chi connectivity index (χ1n) is 4.90. The molecule has 0 aromatic rings. The summed E-state index contributed by atoms with van der Waals surface area (Å²) in [6, 6.07) is 0. The van der Waals surface area contributed by atoms with Gasteiger partial charge in [-0.05, 0) is 0 Å². The van der Waals surface area contributed by atoms with Gasteiger partial charge in [0.05, 0.1) is 26.4 Å². The second-order valence-corrected chi connectivity index (χ2v) is 2.05. The Kier molecular flexibility index (Phi) is 99.3. The van der Waals surface area contributed by atoms with Crippen molar-refractivity contribution in [1.29, 1.82) is 0 Å². The number of hydrogen-bond acceptors (Lipinski definition) is 8. The van der Waals surface area contributed by atoms with Crippen LogP contribution >= 0.6 is 0 Å². The second-order valence-electron chi connectivity index (χ2n) is 2.05. The Morgan fingerprint density at radius 2 is 0.529 bits per heavy atom. The van der Waals surface area contributed by atoms with Crippen molar-refractivity contribution in [3.8, 4) is 0 Å². The Morgan fingerprint density at radius 1 is 0.471 bits per heavy atom. The van der Waals surface area contributed by atoms with Gasteiger partial charge in [-0.2, -0.15) is 0 Å². The van der Waals surface area contributed by atoms with Crippen LogP contribution in [-0.2, 0) is 17.1 Å². The summed E-state index contributed by atoms with van der Waals surface area (Å²) in [5, 5.41) is 31.0. The average molecular weight is 308 g/mol. The van der Waals surface area contributed by atoms with Crippen LogP contribution in [0, 0.1) is 0 Å². The SMILES string of the molecule is NCCO.NCCO.NCCO.NCCO.[Cu]. The van der Waals surface area contributed by atoms with Crippen LogP contribution < -0.4 is 22.9 Å². The molecule has 0 spiro atoms. The maximum absolute atomic E-state index is 7.75. The van der Waals surface area contributed by atoms with E-state index in [1.54, 1.807) is 0 Å². The third kappa shape index (κ3) is 185. The van der Waals surface area contributed by atoms with Gasteiger partial charge in [0, 0.05) is 43.2 Å². The third-order valence-corrected chi connectivity index (χ3v) is 0.516. The van der Waals surface area contributed by atoms with Crippen LogP contribution in [0.1, 0.15) is 0 Å². The van der Waals surface area contributed by atoms with Crippen molar-refractivity contribution >= 4 is 0 Å². The van der Waals surface area contributed by atoms with Gasteiger partial charge in [0.25, 0.3) is 0 Å². The summed E-state index contributed by atoms with van der Waals surface area (Å²) in [6.07, 6.45) is 0. The van der Waals surface area contributed by atoms with Gasteiger partial charge in [-0.15, -0.1) is 0 Å². The maximum atomic E-state index is 7.75. The van der Waals surface area contributed by atoms with E-state index in [1.165, 1.54) is 0 Å². The van der Waals surface area contributed by atoms with E-state index in [9.17, 15) is 0 Å². The smallest absolute Gasteiger partial charge is 0.0553 e. The molecule has 0 bridgehead atoms. The predicted molar refractivity (Wildman–Crippen MR) is 64.6 cm³/mol. The molecule has 0 amide bonds. The van der Waals surface area contributed by atoms with Gasteiger partial charge < -0.3 is 43.4 Å². The molecular formula is C8H28CuN4O4.